The van der Waals surface area contributed by atoms with E-state index >= 15 is 0 Å². The van der Waals surface area contributed by atoms with Crippen molar-refractivity contribution in [3.05, 3.63) is 47.8 Å². The van der Waals surface area contributed by atoms with Crippen molar-refractivity contribution in [3.8, 4) is 0 Å². The van der Waals surface area contributed by atoms with Crippen LogP contribution >= 0.6 is 0 Å². The molecule has 0 bridgehead atoms. The molecule has 0 aliphatic heterocycles. The Bertz CT molecular complexity index is 635. The quantitative estimate of drug-likeness (QED) is 0.900. The zero-order valence-electron chi connectivity index (χ0n) is 11.7. The second kappa shape index (κ2) is 5.59. The van der Waals surface area contributed by atoms with Crippen molar-refractivity contribution in [3.63, 3.8) is 0 Å². The number of carbonyl (C=O) groups excluding carboxylic acids is 1. The van der Waals surface area contributed by atoms with Gasteiger partial charge in [0.1, 0.15) is 5.82 Å². The zero-order chi connectivity index (χ0) is 14.8. The molecule has 0 saturated carbocycles. The van der Waals surface area contributed by atoms with E-state index in [1.807, 2.05) is 13.8 Å². The van der Waals surface area contributed by atoms with Gasteiger partial charge in [-0.3, -0.25) is 4.79 Å². The van der Waals surface area contributed by atoms with Gasteiger partial charge in [0.15, 0.2) is 0 Å². The summed E-state index contributed by atoms with van der Waals surface area (Å²) in [5, 5.41) is 4.00. The van der Waals surface area contributed by atoms with Crippen molar-refractivity contribution in [1.29, 1.82) is 0 Å². The van der Waals surface area contributed by atoms with Gasteiger partial charge in [-0.05, 0) is 30.9 Å². The SMILES string of the molecule is CCC(C)(CN)NC(=O)c1ccc(F)c2ccccc12. The highest BCUT2D eigenvalue weighted by molar-refractivity contribution is 6.07. The molecule has 2 aromatic carbocycles. The molecule has 1 unspecified atom stereocenters. The Morgan fingerprint density at radius 2 is 1.90 bits per heavy atom. The number of hydrogen-bond acceptors (Lipinski definition) is 2. The molecule has 3 nitrogen and oxygen atoms in total. The van der Waals surface area contributed by atoms with Gasteiger partial charge in [0, 0.05) is 23.0 Å². The largest absolute Gasteiger partial charge is 0.346 e. The van der Waals surface area contributed by atoms with Gasteiger partial charge in [0.05, 0.1) is 0 Å². The molecule has 0 radical (unpaired) electrons. The Balaban J connectivity index is 2.43. The highest BCUT2D eigenvalue weighted by Gasteiger charge is 2.24. The lowest BCUT2D eigenvalue weighted by Crippen LogP contribution is -2.50. The molecule has 1 amide bonds. The predicted molar refractivity (Wildman–Crippen MR) is 79.1 cm³/mol. The van der Waals surface area contributed by atoms with Crippen LogP contribution in [0.3, 0.4) is 0 Å². The molecule has 2 rings (SSSR count). The Hall–Kier alpha value is -1.94. The van der Waals surface area contributed by atoms with Crippen LogP contribution < -0.4 is 11.1 Å². The van der Waals surface area contributed by atoms with E-state index in [0.29, 0.717) is 22.9 Å². The van der Waals surface area contributed by atoms with E-state index in [0.717, 1.165) is 6.42 Å². The molecule has 2 aromatic rings. The fourth-order valence-corrected chi connectivity index (χ4v) is 2.09. The summed E-state index contributed by atoms with van der Waals surface area (Å²) in [5.41, 5.74) is 5.72. The summed E-state index contributed by atoms with van der Waals surface area (Å²) in [6, 6.07) is 9.80. The summed E-state index contributed by atoms with van der Waals surface area (Å²) in [4.78, 5) is 12.4. The van der Waals surface area contributed by atoms with Gasteiger partial charge in [-0.25, -0.2) is 4.39 Å². The number of nitrogens with one attached hydrogen (secondary N) is 1. The van der Waals surface area contributed by atoms with Crippen LogP contribution in [0.25, 0.3) is 10.8 Å². The minimum atomic E-state index is -0.452. The highest BCUT2D eigenvalue weighted by Crippen LogP contribution is 2.22. The third-order valence-corrected chi connectivity index (χ3v) is 3.76. The molecule has 1 atom stereocenters. The van der Waals surface area contributed by atoms with Crippen molar-refractivity contribution in [2.75, 3.05) is 6.54 Å². The predicted octanol–water partition coefficient (Wildman–Crippen LogP) is 2.84. The van der Waals surface area contributed by atoms with E-state index in [-0.39, 0.29) is 11.7 Å². The molecule has 0 heterocycles. The van der Waals surface area contributed by atoms with Crippen LogP contribution in [0.5, 0.6) is 0 Å². The van der Waals surface area contributed by atoms with Crippen LogP contribution in [-0.2, 0) is 0 Å². The van der Waals surface area contributed by atoms with Crippen LogP contribution in [0.1, 0.15) is 30.6 Å². The fourth-order valence-electron chi connectivity index (χ4n) is 2.09. The second-order valence-electron chi connectivity index (χ2n) is 5.21. The average Bonchev–Trinajstić information content (AvgIpc) is 2.47. The lowest BCUT2D eigenvalue weighted by molar-refractivity contribution is 0.0908. The zero-order valence-corrected chi connectivity index (χ0v) is 11.7. The number of rotatable bonds is 4. The van der Waals surface area contributed by atoms with Gasteiger partial charge in [-0.1, -0.05) is 31.2 Å². The van der Waals surface area contributed by atoms with Crippen LogP contribution in [0, 0.1) is 5.82 Å². The summed E-state index contributed by atoms with van der Waals surface area (Å²) in [6.45, 7) is 4.22. The first-order valence-electron chi connectivity index (χ1n) is 6.70. The maximum absolute atomic E-state index is 13.7. The summed E-state index contributed by atoms with van der Waals surface area (Å²) >= 11 is 0. The smallest absolute Gasteiger partial charge is 0.252 e. The Morgan fingerprint density at radius 1 is 1.25 bits per heavy atom. The monoisotopic (exact) mass is 274 g/mol. The molecular formula is C16H19FN2O. The molecular weight excluding hydrogens is 255 g/mol. The van der Waals surface area contributed by atoms with Crippen LogP contribution in [-0.4, -0.2) is 18.0 Å². The van der Waals surface area contributed by atoms with Crippen molar-refractivity contribution in [1.82, 2.24) is 5.32 Å². The van der Waals surface area contributed by atoms with Crippen molar-refractivity contribution >= 4 is 16.7 Å². The minimum absolute atomic E-state index is 0.226. The van der Waals surface area contributed by atoms with Gasteiger partial charge in [0.2, 0.25) is 0 Å². The van der Waals surface area contributed by atoms with Gasteiger partial charge in [-0.2, -0.15) is 0 Å². The first-order valence-corrected chi connectivity index (χ1v) is 6.70. The summed E-state index contributed by atoms with van der Waals surface area (Å²) in [5.74, 6) is -0.551. The first-order chi connectivity index (χ1) is 9.50. The topological polar surface area (TPSA) is 55.1 Å². The van der Waals surface area contributed by atoms with Gasteiger partial charge < -0.3 is 11.1 Å². The number of benzene rings is 2. The van der Waals surface area contributed by atoms with Crippen molar-refractivity contribution < 1.29 is 9.18 Å². The maximum Gasteiger partial charge on any atom is 0.252 e. The Labute approximate surface area is 118 Å². The van der Waals surface area contributed by atoms with Gasteiger partial charge in [0.25, 0.3) is 5.91 Å². The number of carbonyl (C=O) groups is 1. The molecule has 0 aliphatic rings. The molecule has 0 aromatic heterocycles. The van der Waals surface area contributed by atoms with Crippen LogP contribution in [0.2, 0.25) is 0 Å². The number of fused-ring (bicyclic) bond motifs is 1. The standard InChI is InChI=1S/C16H19FN2O/c1-3-16(2,10-18)19-15(20)13-8-9-14(17)12-7-5-4-6-11(12)13/h4-9H,3,10,18H2,1-2H3,(H,19,20). The molecule has 4 heteroatoms. The maximum atomic E-state index is 13.7. The molecule has 0 fully saturated rings. The third kappa shape index (κ3) is 2.65. The summed E-state index contributed by atoms with van der Waals surface area (Å²) in [6.07, 6.45) is 0.731. The van der Waals surface area contributed by atoms with Crippen LogP contribution in [0.4, 0.5) is 4.39 Å². The van der Waals surface area contributed by atoms with E-state index in [1.54, 1.807) is 24.3 Å². The van der Waals surface area contributed by atoms with E-state index in [4.69, 9.17) is 5.73 Å². The minimum Gasteiger partial charge on any atom is -0.346 e. The number of halogens is 1. The van der Waals surface area contributed by atoms with Crippen LogP contribution in [0.15, 0.2) is 36.4 Å². The lowest BCUT2D eigenvalue weighted by atomic mass is 9.97. The molecule has 0 aliphatic carbocycles. The average molecular weight is 274 g/mol. The summed E-state index contributed by atoms with van der Waals surface area (Å²) in [7, 11) is 0. The third-order valence-electron chi connectivity index (χ3n) is 3.76. The van der Waals surface area contributed by atoms with Crippen molar-refractivity contribution in [2.45, 2.75) is 25.8 Å². The van der Waals surface area contributed by atoms with Crippen molar-refractivity contribution in [2.24, 2.45) is 5.73 Å². The molecule has 106 valence electrons. The summed E-state index contributed by atoms with van der Waals surface area (Å²) < 4.78 is 13.7. The molecule has 0 spiro atoms. The van der Waals surface area contributed by atoms with E-state index in [2.05, 4.69) is 5.32 Å². The molecule has 20 heavy (non-hydrogen) atoms. The number of amides is 1. The molecule has 3 N–H and O–H groups in total. The van der Waals surface area contributed by atoms with E-state index in [1.165, 1.54) is 12.1 Å². The fraction of sp³-hybridized carbons (Fsp3) is 0.312. The normalized spacial score (nSPS) is 14.0. The highest BCUT2D eigenvalue weighted by atomic mass is 19.1. The lowest BCUT2D eigenvalue weighted by Gasteiger charge is -2.28. The van der Waals surface area contributed by atoms with E-state index in [9.17, 15) is 9.18 Å². The second-order valence-corrected chi connectivity index (χ2v) is 5.21. The van der Waals surface area contributed by atoms with E-state index < -0.39 is 5.54 Å². The Morgan fingerprint density at radius 3 is 2.50 bits per heavy atom. The van der Waals surface area contributed by atoms with Gasteiger partial charge in [-0.15, -0.1) is 0 Å². The molecule has 0 saturated heterocycles. The Kier molecular flexibility index (Phi) is 4.04. The first kappa shape index (κ1) is 14.5. The number of nitrogens with two attached hydrogens (primary N) is 1. The number of hydrogen-bond donors (Lipinski definition) is 2. The van der Waals surface area contributed by atoms with Gasteiger partial charge >= 0.3 is 0 Å².